The van der Waals surface area contributed by atoms with Gasteiger partial charge in [-0.3, -0.25) is 9.59 Å². The third kappa shape index (κ3) is 6.97. The predicted molar refractivity (Wildman–Crippen MR) is 117 cm³/mol. The van der Waals surface area contributed by atoms with E-state index in [1.54, 1.807) is 29.5 Å². The Balaban J connectivity index is 2.16. The van der Waals surface area contributed by atoms with E-state index < -0.39 is 27.7 Å². The molecule has 2 aromatic rings. The van der Waals surface area contributed by atoms with Crippen molar-refractivity contribution in [1.82, 2.24) is 10.6 Å². The first-order valence-electron chi connectivity index (χ1n) is 9.39. The van der Waals surface area contributed by atoms with Crippen LogP contribution >= 0.6 is 11.3 Å². The maximum absolute atomic E-state index is 12.9. The number of nitrogens with one attached hydrogen (secondary N) is 2. The van der Waals surface area contributed by atoms with Gasteiger partial charge in [-0.15, -0.1) is 11.3 Å². The number of carbonyl (C=O) groups is 2. The van der Waals surface area contributed by atoms with Gasteiger partial charge in [0, 0.05) is 21.6 Å². The molecule has 0 radical (unpaired) electrons. The molecule has 0 spiro atoms. The van der Waals surface area contributed by atoms with E-state index in [9.17, 15) is 18.0 Å². The van der Waals surface area contributed by atoms with E-state index >= 15 is 0 Å². The van der Waals surface area contributed by atoms with E-state index in [-0.39, 0.29) is 18.2 Å². The molecule has 158 valence electrons. The van der Waals surface area contributed by atoms with E-state index in [2.05, 4.69) is 10.6 Å². The molecule has 2 rings (SSSR count). The van der Waals surface area contributed by atoms with Crippen molar-refractivity contribution in [2.75, 3.05) is 12.0 Å². The molecule has 1 heterocycles. The van der Waals surface area contributed by atoms with Gasteiger partial charge in [-0.1, -0.05) is 17.7 Å². The van der Waals surface area contributed by atoms with Gasteiger partial charge >= 0.3 is 0 Å². The van der Waals surface area contributed by atoms with Crippen LogP contribution in [0.15, 0.2) is 30.3 Å². The molecule has 0 saturated carbocycles. The van der Waals surface area contributed by atoms with Crippen LogP contribution in [-0.2, 0) is 14.6 Å². The first-order valence-corrected chi connectivity index (χ1v) is 12.3. The van der Waals surface area contributed by atoms with E-state index in [4.69, 9.17) is 0 Å². The van der Waals surface area contributed by atoms with Gasteiger partial charge in [-0.05, 0) is 57.9 Å². The van der Waals surface area contributed by atoms with Gasteiger partial charge in [0.15, 0.2) is 0 Å². The lowest BCUT2D eigenvalue weighted by molar-refractivity contribution is -0.123. The number of thiophene rings is 1. The second-order valence-corrected chi connectivity index (χ2v) is 11.1. The number of aryl methyl sites for hydroxylation is 3. The van der Waals surface area contributed by atoms with Gasteiger partial charge in [0.05, 0.1) is 11.8 Å². The van der Waals surface area contributed by atoms with Gasteiger partial charge in [-0.25, -0.2) is 8.42 Å². The Labute approximate surface area is 176 Å². The SMILES string of the molecule is Cc1cccc(C(=O)N[C@H](CCS(C)(=O)=O)C(=O)N[C@H](C)c2cc(C)sc2C)c1. The van der Waals surface area contributed by atoms with Crippen molar-refractivity contribution >= 4 is 33.0 Å². The molecule has 29 heavy (non-hydrogen) atoms. The zero-order valence-electron chi connectivity index (χ0n) is 17.4. The molecule has 0 bridgehead atoms. The highest BCUT2D eigenvalue weighted by atomic mass is 32.2. The molecule has 0 fully saturated rings. The van der Waals surface area contributed by atoms with Crippen LogP contribution in [0.4, 0.5) is 0 Å². The van der Waals surface area contributed by atoms with E-state index in [0.717, 1.165) is 27.1 Å². The molecule has 2 amide bonds. The fourth-order valence-electron chi connectivity index (χ4n) is 3.10. The molecular weight excluding hydrogens is 408 g/mol. The lowest BCUT2D eigenvalue weighted by Crippen LogP contribution is -2.48. The lowest BCUT2D eigenvalue weighted by Gasteiger charge is -2.21. The normalized spacial score (nSPS) is 13.6. The smallest absolute Gasteiger partial charge is 0.251 e. The maximum atomic E-state index is 12.9. The van der Waals surface area contributed by atoms with Crippen LogP contribution in [-0.4, -0.2) is 38.3 Å². The maximum Gasteiger partial charge on any atom is 0.251 e. The molecule has 2 N–H and O–H groups in total. The predicted octanol–water partition coefficient (Wildman–Crippen LogP) is 3.08. The third-order valence-corrected chi connectivity index (χ3v) is 6.54. The van der Waals surface area contributed by atoms with Crippen LogP contribution in [0.1, 0.15) is 50.6 Å². The first-order chi connectivity index (χ1) is 13.5. The van der Waals surface area contributed by atoms with Crippen LogP contribution in [0, 0.1) is 20.8 Å². The number of sulfone groups is 1. The van der Waals surface area contributed by atoms with E-state index in [0.29, 0.717) is 5.56 Å². The van der Waals surface area contributed by atoms with Crippen molar-refractivity contribution in [2.24, 2.45) is 0 Å². The molecule has 0 unspecified atom stereocenters. The lowest BCUT2D eigenvalue weighted by atomic mass is 10.1. The minimum Gasteiger partial charge on any atom is -0.348 e. The van der Waals surface area contributed by atoms with Crippen LogP contribution in [0.25, 0.3) is 0 Å². The van der Waals surface area contributed by atoms with Gasteiger partial charge < -0.3 is 10.6 Å². The Morgan fingerprint density at radius 1 is 1.10 bits per heavy atom. The highest BCUT2D eigenvalue weighted by Gasteiger charge is 2.25. The molecular formula is C21H28N2O4S2. The summed E-state index contributed by atoms with van der Waals surface area (Å²) in [5.41, 5.74) is 2.37. The van der Waals surface area contributed by atoms with Gasteiger partial charge in [0.25, 0.3) is 5.91 Å². The van der Waals surface area contributed by atoms with Crippen LogP contribution in [0.5, 0.6) is 0 Å². The Morgan fingerprint density at radius 3 is 2.34 bits per heavy atom. The second-order valence-electron chi connectivity index (χ2n) is 7.41. The average Bonchev–Trinajstić information content (AvgIpc) is 2.95. The van der Waals surface area contributed by atoms with Crippen molar-refractivity contribution in [3.63, 3.8) is 0 Å². The van der Waals surface area contributed by atoms with Crippen LogP contribution in [0.2, 0.25) is 0 Å². The van der Waals surface area contributed by atoms with Crippen molar-refractivity contribution in [3.05, 3.63) is 56.8 Å². The molecule has 6 nitrogen and oxygen atoms in total. The van der Waals surface area contributed by atoms with E-state index in [1.165, 1.54) is 0 Å². The standard InChI is InChI=1S/C21H28N2O4S2/c1-13-7-6-8-17(11-13)20(24)23-19(9-10-29(5,26)27)21(25)22-15(3)18-12-14(2)28-16(18)4/h6-8,11-12,15,19H,9-10H2,1-5H3,(H,22,25)(H,23,24)/t15-,19-/m1/s1. The highest BCUT2D eigenvalue weighted by molar-refractivity contribution is 7.90. The number of benzene rings is 1. The number of amides is 2. The number of hydrogen-bond acceptors (Lipinski definition) is 5. The van der Waals surface area contributed by atoms with Crippen molar-refractivity contribution in [1.29, 1.82) is 0 Å². The summed E-state index contributed by atoms with van der Waals surface area (Å²) < 4.78 is 23.2. The zero-order chi connectivity index (χ0) is 21.8. The number of carbonyl (C=O) groups excluding carboxylic acids is 2. The Hall–Kier alpha value is -2.19. The van der Waals surface area contributed by atoms with Crippen molar-refractivity contribution in [3.8, 4) is 0 Å². The monoisotopic (exact) mass is 436 g/mol. The molecule has 2 atom stereocenters. The van der Waals surface area contributed by atoms with Crippen LogP contribution < -0.4 is 10.6 Å². The topological polar surface area (TPSA) is 92.3 Å². The Morgan fingerprint density at radius 2 is 1.79 bits per heavy atom. The molecule has 8 heteroatoms. The molecule has 1 aromatic heterocycles. The summed E-state index contributed by atoms with van der Waals surface area (Å²) in [5.74, 6) is -0.993. The molecule has 0 saturated heterocycles. The fourth-order valence-corrected chi connectivity index (χ4v) is 4.79. The second kappa shape index (κ2) is 9.54. The fraction of sp³-hybridized carbons (Fsp3) is 0.429. The zero-order valence-corrected chi connectivity index (χ0v) is 19.0. The van der Waals surface area contributed by atoms with Crippen molar-refractivity contribution < 1.29 is 18.0 Å². The quantitative estimate of drug-likeness (QED) is 0.665. The van der Waals surface area contributed by atoms with Crippen molar-refractivity contribution in [2.45, 2.75) is 46.2 Å². The summed E-state index contributed by atoms with van der Waals surface area (Å²) in [6.07, 6.45) is 1.13. The summed E-state index contributed by atoms with van der Waals surface area (Å²) in [6, 6.07) is 7.86. The summed E-state index contributed by atoms with van der Waals surface area (Å²) in [6.45, 7) is 7.75. The van der Waals surface area contributed by atoms with Gasteiger partial charge in [-0.2, -0.15) is 0 Å². The summed E-state index contributed by atoms with van der Waals surface area (Å²) in [4.78, 5) is 27.8. The van der Waals surface area contributed by atoms with Crippen LogP contribution in [0.3, 0.4) is 0 Å². The van der Waals surface area contributed by atoms with E-state index in [1.807, 2.05) is 39.8 Å². The minimum absolute atomic E-state index is 0.0105. The summed E-state index contributed by atoms with van der Waals surface area (Å²) in [7, 11) is -3.27. The number of rotatable bonds is 8. The average molecular weight is 437 g/mol. The molecule has 0 aliphatic heterocycles. The summed E-state index contributed by atoms with van der Waals surface area (Å²) >= 11 is 1.66. The third-order valence-electron chi connectivity index (χ3n) is 4.58. The Bertz CT molecular complexity index is 996. The highest BCUT2D eigenvalue weighted by Crippen LogP contribution is 2.26. The summed E-state index contributed by atoms with van der Waals surface area (Å²) in [5, 5.41) is 5.61. The largest absolute Gasteiger partial charge is 0.348 e. The number of hydrogen-bond donors (Lipinski definition) is 2. The molecule has 0 aliphatic rings. The Kier molecular flexibility index (Phi) is 7.60. The minimum atomic E-state index is -3.27. The molecule has 1 aromatic carbocycles. The molecule has 0 aliphatic carbocycles. The first kappa shape index (κ1) is 23.1. The van der Waals surface area contributed by atoms with Gasteiger partial charge in [0.1, 0.15) is 15.9 Å². The van der Waals surface area contributed by atoms with Gasteiger partial charge in [0.2, 0.25) is 5.91 Å².